The molecule has 1 aromatic heterocycles. The Morgan fingerprint density at radius 2 is 2.24 bits per heavy atom. The highest BCUT2D eigenvalue weighted by Crippen LogP contribution is 2.25. The van der Waals surface area contributed by atoms with Gasteiger partial charge in [0, 0.05) is 27.1 Å². The summed E-state index contributed by atoms with van der Waals surface area (Å²) in [6, 6.07) is 5.93. The van der Waals surface area contributed by atoms with Gasteiger partial charge in [-0.15, -0.1) is 0 Å². The molecule has 0 bridgehead atoms. The van der Waals surface area contributed by atoms with Gasteiger partial charge in [-0.05, 0) is 40.2 Å². The average Bonchev–Trinajstić information content (AvgIpc) is 2.71. The number of methoxy groups -OCH3 is 1. The number of aromatic nitrogens is 1. The molecular weight excluding hydrogens is 350 g/mol. The molecule has 0 unspecified atom stereocenters. The van der Waals surface area contributed by atoms with E-state index in [0.717, 1.165) is 20.9 Å². The van der Waals surface area contributed by atoms with Crippen molar-refractivity contribution in [2.45, 2.75) is 0 Å². The predicted molar refractivity (Wildman–Crippen MR) is 74.9 cm³/mol. The number of carbonyl (C=O) groups excluding carboxylic acids is 1. The summed E-state index contributed by atoms with van der Waals surface area (Å²) in [6.45, 7) is 0. The molecule has 1 N–H and O–H groups in total. The summed E-state index contributed by atoms with van der Waals surface area (Å²) in [6.07, 6.45) is 3.58. The molecule has 0 saturated heterocycles. The lowest BCUT2D eigenvalue weighted by molar-refractivity contribution is -0.135. The highest BCUT2D eigenvalue weighted by molar-refractivity contribution is 9.12. The van der Waals surface area contributed by atoms with Gasteiger partial charge in [0.15, 0.2) is 0 Å². The van der Waals surface area contributed by atoms with Gasteiger partial charge in [-0.25, -0.2) is 4.79 Å². The average molecular weight is 359 g/mol. The number of nitrogens with one attached hydrogen (secondary N) is 1. The zero-order chi connectivity index (χ0) is 12.4. The molecule has 17 heavy (non-hydrogen) atoms. The number of ether oxygens (including phenoxy) is 1. The summed E-state index contributed by atoms with van der Waals surface area (Å²) in [5, 5.41) is 1.04. The van der Waals surface area contributed by atoms with Crippen LogP contribution in [-0.4, -0.2) is 18.1 Å². The number of esters is 1. The van der Waals surface area contributed by atoms with Crippen LogP contribution in [0.1, 0.15) is 5.56 Å². The summed E-state index contributed by atoms with van der Waals surface area (Å²) >= 11 is 6.61. The van der Waals surface area contributed by atoms with Crippen LogP contribution in [0.2, 0.25) is 0 Å². The lowest BCUT2D eigenvalue weighted by Crippen LogP contribution is -1.98. The van der Waals surface area contributed by atoms with Crippen LogP contribution in [0.3, 0.4) is 0 Å². The zero-order valence-electron chi connectivity index (χ0n) is 8.96. The maximum Gasteiger partial charge on any atom is 0.344 e. The molecule has 0 radical (unpaired) electrons. The summed E-state index contributed by atoms with van der Waals surface area (Å²) in [5.74, 6) is -0.394. The standard InChI is InChI=1S/C12H9Br2NO2/c1-17-12(16)10(14)4-7-6-15-11-3-2-8(13)5-9(7)11/h2-6,15H,1H3/b10-4-. The molecule has 0 aliphatic carbocycles. The molecule has 2 rings (SSSR count). The van der Waals surface area contributed by atoms with Crippen molar-refractivity contribution in [3.05, 3.63) is 38.9 Å². The molecule has 0 aliphatic rings. The molecule has 1 aromatic carbocycles. The smallest absolute Gasteiger partial charge is 0.344 e. The lowest BCUT2D eigenvalue weighted by atomic mass is 10.1. The van der Waals surface area contributed by atoms with Gasteiger partial charge in [-0.1, -0.05) is 15.9 Å². The van der Waals surface area contributed by atoms with Gasteiger partial charge in [-0.2, -0.15) is 0 Å². The Hall–Kier alpha value is -1.07. The van der Waals surface area contributed by atoms with E-state index in [1.54, 1.807) is 6.08 Å². The molecule has 88 valence electrons. The first-order chi connectivity index (χ1) is 8.11. The van der Waals surface area contributed by atoms with E-state index in [1.807, 2.05) is 24.4 Å². The third kappa shape index (κ3) is 2.61. The van der Waals surface area contributed by atoms with Crippen molar-refractivity contribution in [3.8, 4) is 0 Å². The molecule has 0 aliphatic heterocycles. The minimum atomic E-state index is -0.394. The van der Waals surface area contributed by atoms with E-state index in [4.69, 9.17) is 0 Å². The Balaban J connectivity index is 2.49. The minimum Gasteiger partial charge on any atom is -0.465 e. The van der Waals surface area contributed by atoms with Gasteiger partial charge in [0.05, 0.1) is 7.11 Å². The first kappa shape index (κ1) is 12.4. The zero-order valence-corrected chi connectivity index (χ0v) is 12.1. The minimum absolute atomic E-state index is 0.390. The number of H-pyrrole nitrogens is 1. The van der Waals surface area contributed by atoms with E-state index < -0.39 is 5.97 Å². The second-order valence-corrected chi connectivity index (χ2v) is 5.19. The fraction of sp³-hybridized carbons (Fsp3) is 0.0833. The number of hydrogen-bond donors (Lipinski definition) is 1. The van der Waals surface area contributed by atoms with Crippen LogP contribution in [0, 0.1) is 0 Å². The van der Waals surface area contributed by atoms with Crippen molar-refractivity contribution in [1.29, 1.82) is 0 Å². The van der Waals surface area contributed by atoms with Crippen molar-refractivity contribution in [2.24, 2.45) is 0 Å². The van der Waals surface area contributed by atoms with E-state index >= 15 is 0 Å². The Morgan fingerprint density at radius 3 is 2.94 bits per heavy atom. The fourth-order valence-corrected chi connectivity index (χ4v) is 2.30. The summed E-state index contributed by atoms with van der Waals surface area (Å²) in [4.78, 5) is 14.4. The number of aromatic amines is 1. The molecule has 1 heterocycles. The molecule has 2 aromatic rings. The SMILES string of the molecule is COC(=O)/C(Br)=C/c1c[nH]c2ccc(Br)cc12. The van der Waals surface area contributed by atoms with Gasteiger partial charge >= 0.3 is 5.97 Å². The third-order valence-electron chi connectivity index (χ3n) is 2.34. The Labute approximate surface area is 115 Å². The van der Waals surface area contributed by atoms with E-state index in [1.165, 1.54) is 7.11 Å². The molecule has 5 heteroatoms. The molecule has 0 saturated carbocycles. The summed E-state index contributed by atoms with van der Waals surface area (Å²) < 4.78 is 6.01. The van der Waals surface area contributed by atoms with E-state index in [9.17, 15) is 4.79 Å². The highest BCUT2D eigenvalue weighted by atomic mass is 79.9. The molecular formula is C12H9Br2NO2. The normalized spacial score (nSPS) is 11.8. The summed E-state index contributed by atoms with van der Waals surface area (Å²) in [5.41, 5.74) is 1.95. The van der Waals surface area contributed by atoms with Crippen molar-refractivity contribution in [2.75, 3.05) is 7.11 Å². The first-order valence-electron chi connectivity index (χ1n) is 4.84. The fourth-order valence-electron chi connectivity index (χ4n) is 1.53. The maximum atomic E-state index is 11.3. The molecule has 0 amide bonds. The second kappa shape index (κ2) is 5.06. The predicted octanol–water partition coefficient (Wildman–Crippen LogP) is 3.84. The topological polar surface area (TPSA) is 42.1 Å². The summed E-state index contributed by atoms with van der Waals surface area (Å²) in [7, 11) is 1.35. The van der Waals surface area contributed by atoms with Crippen LogP contribution >= 0.6 is 31.9 Å². The number of benzene rings is 1. The van der Waals surface area contributed by atoms with E-state index in [-0.39, 0.29) is 0 Å². The molecule has 0 spiro atoms. The van der Waals surface area contributed by atoms with Crippen LogP contribution < -0.4 is 0 Å². The quantitative estimate of drug-likeness (QED) is 0.654. The third-order valence-corrected chi connectivity index (χ3v) is 3.38. The lowest BCUT2D eigenvalue weighted by Gasteiger charge is -1.97. The largest absolute Gasteiger partial charge is 0.465 e. The van der Waals surface area contributed by atoms with Gasteiger partial charge in [0.1, 0.15) is 4.48 Å². The van der Waals surface area contributed by atoms with Crippen LogP contribution in [-0.2, 0) is 9.53 Å². The number of hydrogen-bond acceptors (Lipinski definition) is 2. The Bertz CT molecular complexity index is 602. The second-order valence-electron chi connectivity index (χ2n) is 3.42. The van der Waals surface area contributed by atoms with Crippen molar-refractivity contribution in [3.63, 3.8) is 0 Å². The van der Waals surface area contributed by atoms with Crippen molar-refractivity contribution >= 4 is 54.8 Å². The number of halogens is 2. The molecule has 0 fully saturated rings. The van der Waals surface area contributed by atoms with Gasteiger partial charge in [0.2, 0.25) is 0 Å². The van der Waals surface area contributed by atoms with Gasteiger partial charge < -0.3 is 9.72 Å². The maximum absolute atomic E-state index is 11.3. The number of fused-ring (bicyclic) bond motifs is 1. The first-order valence-corrected chi connectivity index (χ1v) is 6.42. The van der Waals surface area contributed by atoms with Crippen molar-refractivity contribution < 1.29 is 9.53 Å². The van der Waals surface area contributed by atoms with Crippen LogP contribution in [0.5, 0.6) is 0 Å². The van der Waals surface area contributed by atoms with Crippen LogP contribution in [0.4, 0.5) is 0 Å². The van der Waals surface area contributed by atoms with Gasteiger partial charge in [0.25, 0.3) is 0 Å². The monoisotopic (exact) mass is 357 g/mol. The van der Waals surface area contributed by atoms with Crippen molar-refractivity contribution in [1.82, 2.24) is 4.98 Å². The number of carbonyl (C=O) groups is 1. The van der Waals surface area contributed by atoms with Crippen LogP contribution in [0.15, 0.2) is 33.4 Å². The Morgan fingerprint density at radius 1 is 1.47 bits per heavy atom. The number of rotatable bonds is 2. The van der Waals surface area contributed by atoms with E-state index in [0.29, 0.717) is 4.48 Å². The molecule has 3 nitrogen and oxygen atoms in total. The van der Waals surface area contributed by atoms with Gasteiger partial charge in [-0.3, -0.25) is 0 Å². The highest BCUT2D eigenvalue weighted by Gasteiger charge is 2.08. The Kier molecular flexibility index (Phi) is 3.69. The molecule has 0 atom stereocenters. The van der Waals surface area contributed by atoms with Crippen LogP contribution in [0.25, 0.3) is 17.0 Å². The van der Waals surface area contributed by atoms with E-state index in [2.05, 4.69) is 41.6 Å².